The third-order valence-corrected chi connectivity index (χ3v) is 5.73. The molecule has 10 heteroatoms. The summed E-state index contributed by atoms with van der Waals surface area (Å²) in [6, 6.07) is 4.97. The van der Waals surface area contributed by atoms with Gasteiger partial charge in [0.1, 0.15) is 6.04 Å². The molecule has 2 saturated heterocycles. The number of nitrogens with zero attached hydrogens (tertiary/aromatic N) is 5. The van der Waals surface area contributed by atoms with Gasteiger partial charge in [-0.3, -0.25) is 20.0 Å². The highest BCUT2D eigenvalue weighted by atomic mass is 16.2. The molecule has 4 rings (SSSR count). The molecule has 2 aliphatic rings. The number of amides is 2. The van der Waals surface area contributed by atoms with Crippen LogP contribution in [0.3, 0.4) is 0 Å². The lowest BCUT2D eigenvalue weighted by molar-refractivity contribution is -0.140. The van der Waals surface area contributed by atoms with Crippen LogP contribution >= 0.6 is 0 Å². The number of likely N-dealkylation sites (tertiary alicyclic amines) is 2. The zero-order valence-electron chi connectivity index (χ0n) is 17.3. The zero-order chi connectivity index (χ0) is 21.6. The number of para-hydroxylation sites is 1. The number of nitrogens with one attached hydrogen (secondary N) is 3. The maximum absolute atomic E-state index is 13.2. The van der Waals surface area contributed by atoms with Crippen LogP contribution in [0.15, 0.2) is 29.4 Å². The minimum Gasteiger partial charge on any atom is -0.341 e. The van der Waals surface area contributed by atoms with E-state index in [0.29, 0.717) is 18.7 Å². The van der Waals surface area contributed by atoms with Crippen molar-refractivity contribution in [3.8, 4) is 6.19 Å². The topological polar surface area (TPSA) is 130 Å². The van der Waals surface area contributed by atoms with Crippen molar-refractivity contribution in [3.05, 3.63) is 24.4 Å². The monoisotopic (exact) mass is 422 g/mol. The number of benzene rings is 1. The molecule has 2 amide bonds. The lowest BCUT2D eigenvalue weighted by Gasteiger charge is -2.25. The Morgan fingerprint density at radius 1 is 1.26 bits per heavy atom. The molecule has 2 fully saturated rings. The lowest BCUT2D eigenvalue weighted by Crippen LogP contribution is -2.45. The van der Waals surface area contributed by atoms with Gasteiger partial charge in [-0.1, -0.05) is 12.1 Å². The maximum atomic E-state index is 13.2. The predicted octanol–water partition coefficient (Wildman–Crippen LogP) is 1.40. The summed E-state index contributed by atoms with van der Waals surface area (Å²) in [4.78, 5) is 33.7. The largest absolute Gasteiger partial charge is 0.341 e. The zero-order valence-corrected chi connectivity index (χ0v) is 17.3. The Kier molecular flexibility index (Phi) is 6.31. The van der Waals surface area contributed by atoms with Gasteiger partial charge in [0.2, 0.25) is 17.8 Å². The Morgan fingerprint density at radius 2 is 2.06 bits per heavy atom. The number of carbonyl (C=O) groups excluding carboxylic acids is 2. The number of H-pyrrole nitrogens is 1. The van der Waals surface area contributed by atoms with Crippen LogP contribution in [-0.4, -0.2) is 70.0 Å². The number of rotatable bonds is 4. The Bertz CT molecular complexity index is 1020. The van der Waals surface area contributed by atoms with Crippen LogP contribution in [-0.2, 0) is 9.59 Å². The highest BCUT2D eigenvalue weighted by molar-refractivity contribution is 6.03. The number of nitriles is 1. The molecular formula is C21H26N8O2. The average molecular weight is 422 g/mol. The Balaban J connectivity index is 1.51. The quantitative estimate of drug-likeness (QED) is 0.296. The van der Waals surface area contributed by atoms with Crippen LogP contribution in [0.2, 0.25) is 0 Å². The second-order valence-electron chi connectivity index (χ2n) is 7.84. The molecule has 0 aliphatic carbocycles. The van der Waals surface area contributed by atoms with E-state index in [1.807, 2.05) is 29.3 Å². The Labute approximate surface area is 180 Å². The van der Waals surface area contributed by atoms with Gasteiger partial charge >= 0.3 is 0 Å². The molecule has 31 heavy (non-hydrogen) atoms. The number of aromatic amines is 1. The molecule has 162 valence electrons. The van der Waals surface area contributed by atoms with Crippen molar-refractivity contribution in [2.45, 2.75) is 38.1 Å². The lowest BCUT2D eigenvalue weighted by atomic mass is 10.1. The van der Waals surface area contributed by atoms with E-state index in [1.165, 1.54) is 0 Å². The second-order valence-corrected chi connectivity index (χ2v) is 7.84. The second kappa shape index (κ2) is 9.47. The summed E-state index contributed by atoms with van der Waals surface area (Å²) in [6.45, 7) is 2.17. The summed E-state index contributed by atoms with van der Waals surface area (Å²) in [7, 11) is 0. The molecule has 0 saturated carbocycles. The Hall–Kier alpha value is -3.61. The van der Waals surface area contributed by atoms with Crippen LogP contribution in [0.25, 0.3) is 10.9 Å². The van der Waals surface area contributed by atoms with Crippen molar-refractivity contribution in [1.82, 2.24) is 25.3 Å². The number of aliphatic imine (C=N–C) groups is 1. The summed E-state index contributed by atoms with van der Waals surface area (Å²) in [5, 5.41) is 22.7. The summed E-state index contributed by atoms with van der Waals surface area (Å²) < 4.78 is 0. The third-order valence-electron chi connectivity index (χ3n) is 5.73. The summed E-state index contributed by atoms with van der Waals surface area (Å²) in [6.07, 6.45) is 7.84. The number of hydrogen-bond donors (Lipinski definition) is 3. The number of aromatic nitrogens is 2. The fraction of sp³-hybridized carbons (Fsp3) is 0.476. The van der Waals surface area contributed by atoms with E-state index in [4.69, 9.17) is 0 Å². The molecule has 1 aromatic heterocycles. The van der Waals surface area contributed by atoms with E-state index in [1.54, 1.807) is 11.1 Å². The van der Waals surface area contributed by atoms with E-state index in [-0.39, 0.29) is 24.3 Å². The molecule has 2 aromatic rings. The van der Waals surface area contributed by atoms with Gasteiger partial charge in [-0.2, -0.15) is 10.4 Å². The summed E-state index contributed by atoms with van der Waals surface area (Å²) in [5.74, 6) is 0.00871. The van der Waals surface area contributed by atoms with Crippen molar-refractivity contribution >= 4 is 34.4 Å². The van der Waals surface area contributed by atoms with Crippen LogP contribution < -0.4 is 10.6 Å². The first kappa shape index (κ1) is 20.7. The number of guanidine groups is 1. The molecule has 0 spiro atoms. The highest BCUT2D eigenvalue weighted by Gasteiger charge is 2.30. The van der Waals surface area contributed by atoms with Gasteiger partial charge in [-0.05, 0) is 38.2 Å². The first-order chi connectivity index (χ1) is 15.2. The third kappa shape index (κ3) is 4.77. The van der Waals surface area contributed by atoms with E-state index < -0.39 is 6.04 Å². The van der Waals surface area contributed by atoms with Crippen molar-refractivity contribution in [1.29, 1.82) is 5.26 Å². The van der Waals surface area contributed by atoms with Crippen LogP contribution in [0.5, 0.6) is 0 Å². The minimum absolute atomic E-state index is 0.00472. The maximum Gasteiger partial charge on any atom is 0.247 e. The van der Waals surface area contributed by atoms with Gasteiger partial charge in [0.05, 0.1) is 23.9 Å². The summed E-state index contributed by atoms with van der Waals surface area (Å²) >= 11 is 0. The molecule has 2 aliphatic heterocycles. The molecule has 0 radical (unpaired) electrons. The Morgan fingerprint density at radius 3 is 2.87 bits per heavy atom. The van der Waals surface area contributed by atoms with Crippen LogP contribution in [0.4, 0.5) is 5.69 Å². The fourth-order valence-corrected chi connectivity index (χ4v) is 4.10. The molecule has 3 heterocycles. The summed E-state index contributed by atoms with van der Waals surface area (Å²) in [5.41, 5.74) is 1.47. The number of anilines is 1. The van der Waals surface area contributed by atoms with Gasteiger partial charge in [0.25, 0.3) is 0 Å². The average Bonchev–Trinajstić information content (AvgIpc) is 3.44. The van der Waals surface area contributed by atoms with Crippen LogP contribution in [0, 0.1) is 11.5 Å². The molecule has 1 atom stereocenters. The van der Waals surface area contributed by atoms with Crippen molar-refractivity contribution in [2.75, 3.05) is 31.5 Å². The number of hydrogen-bond acceptors (Lipinski definition) is 5. The van der Waals surface area contributed by atoms with Crippen molar-refractivity contribution in [2.24, 2.45) is 4.99 Å². The number of carbonyl (C=O) groups is 2. The fourth-order valence-electron chi connectivity index (χ4n) is 4.10. The van der Waals surface area contributed by atoms with Gasteiger partial charge in [-0.25, -0.2) is 4.99 Å². The molecule has 10 nitrogen and oxygen atoms in total. The van der Waals surface area contributed by atoms with E-state index in [0.717, 1.165) is 49.7 Å². The highest BCUT2D eigenvalue weighted by Crippen LogP contribution is 2.21. The van der Waals surface area contributed by atoms with Gasteiger partial charge in [0.15, 0.2) is 6.19 Å². The first-order valence-corrected chi connectivity index (χ1v) is 10.6. The molecule has 1 unspecified atom stereocenters. The van der Waals surface area contributed by atoms with Crippen LogP contribution in [0.1, 0.15) is 32.1 Å². The minimum atomic E-state index is -0.654. The van der Waals surface area contributed by atoms with E-state index in [2.05, 4.69) is 25.8 Å². The van der Waals surface area contributed by atoms with Gasteiger partial charge < -0.3 is 15.1 Å². The molecule has 3 N–H and O–H groups in total. The van der Waals surface area contributed by atoms with Gasteiger partial charge in [0, 0.05) is 25.0 Å². The predicted molar refractivity (Wildman–Crippen MR) is 116 cm³/mol. The SMILES string of the molecule is N#CNC(=NC1CCCCN(CC(=O)N2CCCC2)C1=O)Nc1cccc2cn[nH]c12. The van der Waals surface area contributed by atoms with Gasteiger partial charge in [-0.15, -0.1) is 0 Å². The smallest absolute Gasteiger partial charge is 0.247 e. The first-order valence-electron chi connectivity index (χ1n) is 10.6. The normalized spacial score (nSPS) is 19.9. The molecule has 1 aromatic carbocycles. The number of fused-ring (bicyclic) bond motifs is 1. The molecule has 0 bridgehead atoms. The van der Waals surface area contributed by atoms with E-state index in [9.17, 15) is 14.9 Å². The van der Waals surface area contributed by atoms with Crippen molar-refractivity contribution < 1.29 is 9.59 Å². The van der Waals surface area contributed by atoms with E-state index >= 15 is 0 Å². The standard InChI is InChI=1S/C21H26N8O2/c22-14-23-21(25-16-8-5-6-15-12-24-27-19(15)16)26-17-7-1-2-11-29(20(17)31)13-18(30)28-9-3-4-10-28/h5-6,8,12,17H,1-4,7,9-11,13H2,(H,24,27)(H2,23,25,26). The van der Waals surface area contributed by atoms with Crippen molar-refractivity contribution in [3.63, 3.8) is 0 Å². The molecular weight excluding hydrogens is 396 g/mol.